The number of hydrogen-bond acceptors (Lipinski definition) is 5. The van der Waals surface area contributed by atoms with Crippen molar-refractivity contribution in [3.05, 3.63) is 58.5 Å². The number of piperidine rings is 1. The Hall–Kier alpha value is -3.09. The van der Waals surface area contributed by atoms with Crippen LogP contribution >= 0.6 is 0 Å². The van der Waals surface area contributed by atoms with Crippen molar-refractivity contribution in [1.82, 2.24) is 14.5 Å². The molecule has 0 saturated carbocycles. The highest BCUT2D eigenvalue weighted by Crippen LogP contribution is 2.26. The van der Waals surface area contributed by atoms with Crippen LogP contribution in [0.4, 0.5) is 0 Å². The average Bonchev–Trinajstić information content (AvgIpc) is 3.21. The van der Waals surface area contributed by atoms with Crippen LogP contribution in [0.3, 0.4) is 0 Å². The van der Waals surface area contributed by atoms with Gasteiger partial charge in [0.15, 0.2) is 11.3 Å². The molecule has 7 heteroatoms. The molecule has 0 spiro atoms. The van der Waals surface area contributed by atoms with E-state index in [1.807, 2.05) is 18.5 Å². The van der Waals surface area contributed by atoms with Crippen LogP contribution in [0.15, 0.2) is 45.9 Å². The SMILES string of the molecule is COc1cccc2cc(C(=O)N3CCC(Cn4ccnc4C(C)C)CC3)c(=O)oc12. The van der Waals surface area contributed by atoms with Crippen molar-refractivity contribution in [2.24, 2.45) is 5.92 Å². The molecule has 3 heterocycles. The van der Waals surface area contributed by atoms with E-state index in [0.717, 1.165) is 25.2 Å². The Bertz CT molecular complexity index is 1110. The second-order valence-electron chi connectivity index (χ2n) is 8.15. The quantitative estimate of drug-likeness (QED) is 0.601. The van der Waals surface area contributed by atoms with Crippen LogP contribution in [0.5, 0.6) is 5.75 Å². The Balaban J connectivity index is 1.46. The van der Waals surface area contributed by atoms with Crippen molar-refractivity contribution < 1.29 is 13.9 Å². The number of rotatable bonds is 5. The summed E-state index contributed by atoms with van der Waals surface area (Å²) in [5, 5.41) is 0.675. The van der Waals surface area contributed by atoms with E-state index in [1.165, 1.54) is 7.11 Å². The average molecular weight is 409 g/mol. The normalized spacial score (nSPS) is 15.1. The van der Waals surface area contributed by atoms with Crippen molar-refractivity contribution in [3.63, 3.8) is 0 Å². The summed E-state index contributed by atoms with van der Waals surface area (Å²) in [5.74, 6) is 2.17. The van der Waals surface area contributed by atoms with E-state index >= 15 is 0 Å². The van der Waals surface area contributed by atoms with Crippen molar-refractivity contribution in [1.29, 1.82) is 0 Å². The molecule has 1 aliphatic heterocycles. The molecule has 0 N–H and O–H groups in total. The lowest BCUT2D eigenvalue weighted by Crippen LogP contribution is -2.41. The van der Waals surface area contributed by atoms with Gasteiger partial charge < -0.3 is 18.6 Å². The highest BCUT2D eigenvalue weighted by atomic mass is 16.5. The number of amides is 1. The van der Waals surface area contributed by atoms with Crippen LogP contribution in [0.2, 0.25) is 0 Å². The number of carbonyl (C=O) groups is 1. The maximum Gasteiger partial charge on any atom is 0.349 e. The minimum atomic E-state index is -0.626. The van der Waals surface area contributed by atoms with Crippen LogP contribution in [0, 0.1) is 5.92 Å². The van der Waals surface area contributed by atoms with Gasteiger partial charge in [0.25, 0.3) is 5.91 Å². The number of benzene rings is 1. The minimum absolute atomic E-state index is 0.0749. The second kappa shape index (κ2) is 8.34. The summed E-state index contributed by atoms with van der Waals surface area (Å²) in [5.41, 5.74) is -0.188. The molecule has 0 atom stereocenters. The van der Waals surface area contributed by atoms with Gasteiger partial charge in [-0.05, 0) is 30.9 Å². The molecule has 0 aliphatic carbocycles. The maximum atomic E-state index is 13.0. The number of methoxy groups -OCH3 is 1. The Kier molecular flexibility index (Phi) is 5.61. The van der Waals surface area contributed by atoms with Crippen molar-refractivity contribution in [2.45, 2.75) is 39.2 Å². The van der Waals surface area contributed by atoms with Crippen LogP contribution in [-0.4, -0.2) is 40.6 Å². The lowest BCUT2D eigenvalue weighted by atomic mass is 9.96. The molecular formula is C23H27N3O4. The Morgan fingerprint density at radius 3 is 2.77 bits per heavy atom. The summed E-state index contributed by atoms with van der Waals surface area (Å²) in [4.78, 5) is 31.7. The largest absolute Gasteiger partial charge is 0.493 e. The molecule has 2 aromatic heterocycles. The molecule has 7 nitrogen and oxygen atoms in total. The first-order valence-corrected chi connectivity index (χ1v) is 10.4. The third kappa shape index (κ3) is 3.84. The van der Waals surface area contributed by atoms with Gasteiger partial charge in [0.2, 0.25) is 0 Å². The molecule has 1 fully saturated rings. The smallest absolute Gasteiger partial charge is 0.349 e. The fourth-order valence-electron chi connectivity index (χ4n) is 4.17. The maximum absolute atomic E-state index is 13.0. The third-order valence-electron chi connectivity index (χ3n) is 5.79. The Morgan fingerprint density at radius 1 is 1.30 bits per heavy atom. The molecule has 30 heavy (non-hydrogen) atoms. The number of nitrogens with zero attached hydrogens (tertiary/aromatic N) is 3. The van der Waals surface area contributed by atoms with Gasteiger partial charge in [0.05, 0.1) is 7.11 Å². The molecule has 1 amide bonds. The first-order valence-electron chi connectivity index (χ1n) is 10.4. The molecule has 1 saturated heterocycles. The van der Waals surface area contributed by atoms with Crippen LogP contribution in [-0.2, 0) is 6.54 Å². The van der Waals surface area contributed by atoms with Gasteiger partial charge in [-0.3, -0.25) is 4.79 Å². The van der Waals surface area contributed by atoms with Gasteiger partial charge in [-0.15, -0.1) is 0 Å². The first-order chi connectivity index (χ1) is 14.5. The van der Waals surface area contributed by atoms with Crippen LogP contribution in [0.25, 0.3) is 11.0 Å². The fraction of sp³-hybridized carbons (Fsp3) is 0.435. The van der Waals surface area contributed by atoms with E-state index in [-0.39, 0.29) is 11.5 Å². The lowest BCUT2D eigenvalue weighted by molar-refractivity contribution is 0.0678. The van der Waals surface area contributed by atoms with Crippen molar-refractivity contribution >= 4 is 16.9 Å². The highest BCUT2D eigenvalue weighted by Gasteiger charge is 2.27. The van der Waals surface area contributed by atoms with E-state index < -0.39 is 5.63 Å². The van der Waals surface area contributed by atoms with E-state index in [1.54, 1.807) is 23.1 Å². The topological polar surface area (TPSA) is 77.6 Å². The number of carbonyl (C=O) groups excluding carboxylic acids is 1. The van der Waals surface area contributed by atoms with Crippen molar-refractivity contribution in [2.75, 3.05) is 20.2 Å². The standard InChI is InChI=1S/C23H27N3O4/c1-15(2)21-24-9-12-26(21)14-16-7-10-25(11-8-16)22(27)18-13-17-5-4-6-19(29-3)20(17)30-23(18)28/h4-6,9,12-13,15-16H,7-8,10-11,14H2,1-3H3. The Labute approximate surface area is 175 Å². The summed E-state index contributed by atoms with van der Waals surface area (Å²) in [6.45, 7) is 6.46. The van der Waals surface area contributed by atoms with Crippen LogP contribution in [0.1, 0.15) is 48.8 Å². The number of fused-ring (bicyclic) bond motifs is 1. The molecule has 0 radical (unpaired) electrons. The van der Waals surface area contributed by atoms with Gasteiger partial charge in [-0.2, -0.15) is 0 Å². The van der Waals surface area contributed by atoms with E-state index in [0.29, 0.717) is 41.6 Å². The monoisotopic (exact) mass is 409 g/mol. The molecule has 3 aromatic rings. The number of ether oxygens (including phenoxy) is 1. The van der Waals surface area contributed by atoms with Gasteiger partial charge in [0, 0.05) is 43.3 Å². The zero-order valence-electron chi connectivity index (χ0n) is 17.6. The predicted molar refractivity (Wildman–Crippen MR) is 114 cm³/mol. The zero-order valence-corrected chi connectivity index (χ0v) is 17.6. The second-order valence-corrected chi connectivity index (χ2v) is 8.15. The van der Waals surface area contributed by atoms with Gasteiger partial charge in [0.1, 0.15) is 11.4 Å². The number of para-hydroxylation sites is 1. The number of hydrogen-bond donors (Lipinski definition) is 0. The molecule has 4 rings (SSSR count). The first kappa shape index (κ1) is 20.2. The zero-order chi connectivity index (χ0) is 21.3. The van der Waals surface area contributed by atoms with Crippen LogP contribution < -0.4 is 10.4 Å². The molecule has 0 bridgehead atoms. The van der Waals surface area contributed by atoms with Crippen molar-refractivity contribution in [3.8, 4) is 5.75 Å². The molecule has 1 aliphatic rings. The molecule has 1 aromatic carbocycles. The summed E-state index contributed by atoms with van der Waals surface area (Å²) < 4.78 is 12.9. The highest BCUT2D eigenvalue weighted by molar-refractivity contribution is 5.97. The molecule has 158 valence electrons. The minimum Gasteiger partial charge on any atom is -0.493 e. The molecule has 0 unspecified atom stereocenters. The summed E-state index contributed by atoms with van der Waals surface area (Å²) in [6.07, 6.45) is 5.67. The van der Waals surface area contributed by atoms with E-state index in [2.05, 4.69) is 23.4 Å². The number of aromatic nitrogens is 2. The van der Waals surface area contributed by atoms with E-state index in [4.69, 9.17) is 9.15 Å². The lowest BCUT2D eigenvalue weighted by Gasteiger charge is -2.32. The number of imidazole rings is 1. The summed E-state index contributed by atoms with van der Waals surface area (Å²) in [6, 6.07) is 6.95. The summed E-state index contributed by atoms with van der Waals surface area (Å²) >= 11 is 0. The summed E-state index contributed by atoms with van der Waals surface area (Å²) in [7, 11) is 1.52. The predicted octanol–water partition coefficient (Wildman–Crippen LogP) is 3.67. The van der Waals surface area contributed by atoms with Gasteiger partial charge >= 0.3 is 5.63 Å². The van der Waals surface area contributed by atoms with E-state index in [9.17, 15) is 9.59 Å². The van der Waals surface area contributed by atoms with Gasteiger partial charge in [-0.25, -0.2) is 9.78 Å². The van der Waals surface area contributed by atoms with Gasteiger partial charge in [-0.1, -0.05) is 26.0 Å². The number of likely N-dealkylation sites (tertiary alicyclic amines) is 1. The Morgan fingerprint density at radius 2 is 2.07 bits per heavy atom. The third-order valence-corrected chi connectivity index (χ3v) is 5.79. The molecular weight excluding hydrogens is 382 g/mol. The fourth-order valence-corrected chi connectivity index (χ4v) is 4.17.